The van der Waals surface area contributed by atoms with E-state index in [2.05, 4.69) is 4.72 Å². The lowest BCUT2D eigenvalue weighted by atomic mass is 10.3. The Kier molecular flexibility index (Phi) is 3.54. The minimum Gasteiger partial charge on any atom is -0.280 e. The Morgan fingerprint density at radius 2 is 1.78 bits per heavy atom. The van der Waals surface area contributed by atoms with E-state index in [1.165, 1.54) is 36.4 Å². The number of benzene rings is 2. The number of anilines is 1. The first-order chi connectivity index (χ1) is 8.47. The number of sulfonamides is 1. The van der Waals surface area contributed by atoms with Gasteiger partial charge in [0.1, 0.15) is 5.82 Å². The minimum atomic E-state index is -3.75. The maximum Gasteiger partial charge on any atom is 0.261 e. The van der Waals surface area contributed by atoms with Crippen molar-refractivity contribution < 1.29 is 12.8 Å². The Morgan fingerprint density at radius 1 is 1.06 bits per heavy atom. The lowest BCUT2D eigenvalue weighted by Gasteiger charge is -2.08. The summed E-state index contributed by atoms with van der Waals surface area (Å²) >= 11 is 5.73. The van der Waals surface area contributed by atoms with Gasteiger partial charge in [-0.15, -0.1) is 0 Å². The van der Waals surface area contributed by atoms with Gasteiger partial charge in [0.15, 0.2) is 0 Å². The van der Waals surface area contributed by atoms with E-state index in [9.17, 15) is 12.8 Å². The molecule has 0 bridgehead atoms. The second-order valence-corrected chi connectivity index (χ2v) is 5.69. The van der Waals surface area contributed by atoms with Crippen LogP contribution in [0.4, 0.5) is 10.1 Å². The molecule has 0 saturated heterocycles. The topological polar surface area (TPSA) is 46.2 Å². The average Bonchev–Trinajstić information content (AvgIpc) is 2.28. The summed E-state index contributed by atoms with van der Waals surface area (Å²) in [6, 6.07) is 11.1. The monoisotopic (exact) mass is 285 g/mol. The lowest BCUT2D eigenvalue weighted by molar-refractivity contribution is 0.601. The van der Waals surface area contributed by atoms with Gasteiger partial charge >= 0.3 is 0 Å². The van der Waals surface area contributed by atoms with Crippen molar-refractivity contribution in [2.24, 2.45) is 0 Å². The highest BCUT2D eigenvalue weighted by Crippen LogP contribution is 2.19. The second kappa shape index (κ2) is 4.96. The molecule has 0 atom stereocenters. The van der Waals surface area contributed by atoms with Crippen LogP contribution in [0, 0.1) is 5.82 Å². The normalized spacial score (nSPS) is 11.2. The molecule has 0 aliphatic carbocycles. The van der Waals surface area contributed by atoms with Gasteiger partial charge < -0.3 is 0 Å². The SMILES string of the molecule is O=S(=O)(Nc1cccc(F)c1)c1cccc(Cl)c1. The van der Waals surface area contributed by atoms with E-state index in [-0.39, 0.29) is 10.6 Å². The van der Waals surface area contributed by atoms with E-state index in [0.717, 1.165) is 6.07 Å². The van der Waals surface area contributed by atoms with Crippen molar-refractivity contribution >= 4 is 27.3 Å². The molecule has 0 amide bonds. The highest BCUT2D eigenvalue weighted by atomic mass is 35.5. The molecule has 18 heavy (non-hydrogen) atoms. The van der Waals surface area contributed by atoms with Crippen molar-refractivity contribution in [2.75, 3.05) is 4.72 Å². The molecular formula is C12H9ClFNO2S. The molecule has 2 rings (SSSR count). The van der Waals surface area contributed by atoms with Gasteiger partial charge in [0, 0.05) is 5.02 Å². The summed E-state index contributed by atoms with van der Waals surface area (Å²) < 4.78 is 39.2. The summed E-state index contributed by atoms with van der Waals surface area (Å²) in [5, 5.41) is 0.317. The van der Waals surface area contributed by atoms with E-state index in [1.807, 2.05) is 0 Å². The number of hydrogen-bond acceptors (Lipinski definition) is 2. The Balaban J connectivity index is 2.33. The van der Waals surface area contributed by atoms with Crippen LogP contribution in [0.25, 0.3) is 0 Å². The molecule has 3 nitrogen and oxygen atoms in total. The maximum atomic E-state index is 13.0. The third-order valence-electron chi connectivity index (χ3n) is 2.18. The minimum absolute atomic E-state index is 0.0271. The molecule has 2 aromatic carbocycles. The fraction of sp³-hybridized carbons (Fsp3) is 0. The van der Waals surface area contributed by atoms with Gasteiger partial charge in [-0.2, -0.15) is 0 Å². The first-order valence-corrected chi connectivity index (χ1v) is 6.87. The summed E-state index contributed by atoms with van der Waals surface area (Å²) in [4.78, 5) is 0.0271. The molecule has 1 N–H and O–H groups in total. The van der Waals surface area contributed by atoms with Crippen LogP contribution >= 0.6 is 11.6 Å². The molecule has 0 saturated carbocycles. The summed E-state index contributed by atoms with van der Waals surface area (Å²) in [6.45, 7) is 0. The van der Waals surface area contributed by atoms with Crippen molar-refractivity contribution in [1.82, 2.24) is 0 Å². The molecule has 6 heteroatoms. The Morgan fingerprint density at radius 3 is 2.44 bits per heavy atom. The van der Waals surface area contributed by atoms with Gasteiger partial charge in [-0.05, 0) is 36.4 Å². The quantitative estimate of drug-likeness (QED) is 0.941. The van der Waals surface area contributed by atoms with E-state index < -0.39 is 15.8 Å². The molecule has 94 valence electrons. The lowest BCUT2D eigenvalue weighted by Crippen LogP contribution is -2.12. The molecular weight excluding hydrogens is 277 g/mol. The van der Waals surface area contributed by atoms with Crippen molar-refractivity contribution in [2.45, 2.75) is 4.90 Å². The molecule has 0 spiro atoms. The van der Waals surface area contributed by atoms with E-state index >= 15 is 0 Å². The number of nitrogens with one attached hydrogen (secondary N) is 1. The largest absolute Gasteiger partial charge is 0.280 e. The Hall–Kier alpha value is -1.59. The zero-order valence-corrected chi connectivity index (χ0v) is 10.7. The summed E-state index contributed by atoms with van der Waals surface area (Å²) in [5.41, 5.74) is 0.162. The molecule has 0 aromatic heterocycles. The first kappa shape index (κ1) is 12.9. The fourth-order valence-electron chi connectivity index (χ4n) is 1.40. The third-order valence-corrected chi connectivity index (χ3v) is 3.80. The molecule has 0 heterocycles. The number of hydrogen-bond donors (Lipinski definition) is 1. The summed E-state index contributed by atoms with van der Waals surface area (Å²) in [5.74, 6) is -0.513. The van der Waals surface area contributed by atoms with Crippen LogP contribution in [0.1, 0.15) is 0 Å². The van der Waals surface area contributed by atoms with Gasteiger partial charge in [0.2, 0.25) is 0 Å². The predicted molar refractivity (Wildman–Crippen MR) is 68.7 cm³/mol. The van der Waals surface area contributed by atoms with Gasteiger partial charge in [0.25, 0.3) is 10.0 Å². The molecule has 0 aliphatic heterocycles. The predicted octanol–water partition coefficient (Wildman–Crippen LogP) is 3.28. The summed E-state index contributed by atoms with van der Waals surface area (Å²) in [6.07, 6.45) is 0. The molecule has 0 radical (unpaired) electrons. The van der Waals surface area contributed by atoms with Crippen LogP contribution in [0.5, 0.6) is 0 Å². The van der Waals surface area contributed by atoms with Crippen molar-refractivity contribution in [1.29, 1.82) is 0 Å². The highest BCUT2D eigenvalue weighted by Gasteiger charge is 2.14. The third kappa shape index (κ3) is 3.00. The van der Waals surface area contributed by atoms with E-state index in [1.54, 1.807) is 6.07 Å². The zero-order chi connectivity index (χ0) is 13.2. The zero-order valence-electron chi connectivity index (χ0n) is 9.10. The second-order valence-electron chi connectivity index (χ2n) is 3.57. The number of rotatable bonds is 3. The van der Waals surface area contributed by atoms with Gasteiger partial charge in [-0.25, -0.2) is 12.8 Å². The van der Waals surface area contributed by atoms with Crippen LogP contribution in [-0.4, -0.2) is 8.42 Å². The van der Waals surface area contributed by atoms with Crippen LogP contribution in [-0.2, 0) is 10.0 Å². The van der Waals surface area contributed by atoms with Crippen molar-refractivity contribution in [3.63, 3.8) is 0 Å². The fourth-order valence-corrected chi connectivity index (χ4v) is 2.75. The Bertz CT molecular complexity index is 673. The summed E-state index contributed by atoms with van der Waals surface area (Å²) in [7, 11) is -3.75. The van der Waals surface area contributed by atoms with E-state index in [4.69, 9.17) is 11.6 Å². The molecule has 0 fully saturated rings. The smallest absolute Gasteiger partial charge is 0.261 e. The molecule has 0 unspecified atom stereocenters. The average molecular weight is 286 g/mol. The van der Waals surface area contributed by atoms with Crippen LogP contribution in [0.15, 0.2) is 53.4 Å². The Labute approximate surface area is 109 Å². The van der Waals surface area contributed by atoms with Gasteiger partial charge in [0.05, 0.1) is 10.6 Å². The first-order valence-electron chi connectivity index (χ1n) is 5.01. The standard InChI is InChI=1S/C12H9ClFNO2S/c13-9-3-1-6-12(7-9)18(16,17)15-11-5-2-4-10(14)8-11/h1-8,15H. The van der Waals surface area contributed by atoms with Crippen molar-refractivity contribution in [3.05, 3.63) is 59.4 Å². The number of halogens is 2. The van der Waals surface area contributed by atoms with Gasteiger partial charge in [-0.1, -0.05) is 23.7 Å². The van der Waals surface area contributed by atoms with Gasteiger partial charge in [-0.3, -0.25) is 4.72 Å². The van der Waals surface area contributed by atoms with Crippen LogP contribution in [0.2, 0.25) is 5.02 Å². The molecule has 2 aromatic rings. The van der Waals surface area contributed by atoms with Crippen LogP contribution < -0.4 is 4.72 Å². The van der Waals surface area contributed by atoms with Crippen LogP contribution in [0.3, 0.4) is 0 Å². The van der Waals surface area contributed by atoms with Crippen molar-refractivity contribution in [3.8, 4) is 0 Å². The highest BCUT2D eigenvalue weighted by molar-refractivity contribution is 7.92. The van der Waals surface area contributed by atoms with E-state index in [0.29, 0.717) is 5.02 Å². The maximum absolute atomic E-state index is 13.0. The molecule has 0 aliphatic rings.